The number of hydrogen-bond donors (Lipinski definition) is 1. The maximum atomic E-state index is 8.68. The summed E-state index contributed by atoms with van der Waals surface area (Å²) in [5.41, 5.74) is 0. The molecule has 0 spiro atoms. The quantitative estimate of drug-likeness (QED) is 0.525. The molecule has 80 valence electrons. The van der Waals surface area contributed by atoms with Gasteiger partial charge in [-0.05, 0) is 0 Å². The van der Waals surface area contributed by atoms with E-state index >= 15 is 0 Å². The van der Waals surface area contributed by atoms with Crippen molar-refractivity contribution in [3.63, 3.8) is 0 Å². The molecule has 0 bridgehead atoms. The van der Waals surface area contributed by atoms with Crippen LogP contribution in [0.3, 0.4) is 0 Å². The summed E-state index contributed by atoms with van der Waals surface area (Å²) in [5, 5.41) is 8.68. The minimum absolute atomic E-state index is 0.270. The second kappa shape index (κ2) is 7.07. The number of thiol groups is 1. The Hall–Kier alpha value is -0.280. The number of nitrogens with zero attached hydrogens (tertiary/aromatic N) is 2. The summed E-state index contributed by atoms with van der Waals surface area (Å²) in [4.78, 5) is 2.19. The highest BCUT2D eigenvalue weighted by molar-refractivity contribution is 7.80. The van der Waals surface area contributed by atoms with Crippen molar-refractivity contribution in [2.24, 2.45) is 0 Å². The average molecular weight is 216 g/mol. The van der Waals surface area contributed by atoms with Gasteiger partial charge in [-0.2, -0.15) is 17.9 Å². The first-order valence-corrected chi connectivity index (χ1v) is 5.42. The van der Waals surface area contributed by atoms with Crippen LogP contribution in [0.2, 0.25) is 0 Å². The molecule has 0 aromatic heterocycles. The van der Waals surface area contributed by atoms with Gasteiger partial charge in [-0.1, -0.05) is 0 Å². The summed E-state index contributed by atoms with van der Waals surface area (Å²) in [5.74, 6) is 0.754. The van der Waals surface area contributed by atoms with Crippen molar-refractivity contribution in [1.29, 1.82) is 5.26 Å². The summed E-state index contributed by atoms with van der Waals surface area (Å²) in [7, 11) is 0. The molecule has 1 aliphatic rings. The van der Waals surface area contributed by atoms with Crippen molar-refractivity contribution in [2.75, 3.05) is 45.2 Å². The van der Waals surface area contributed by atoms with E-state index in [1.165, 1.54) is 0 Å². The third kappa shape index (κ3) is 4.29. The van der Waals surface area contributed by atoms with E-state index in [0.717, 1.165) is 18.8 Å². The van der Waals surface area contributed by atoms with Crippen LogP contribution in [-0.4, -0.2) is 56.2 Å². The lowest BCUT2D eigenvalue weighted by Gasteiger charge is -2.29. The molecule has 1 heterocycles. The maximum absolute atomic E-state index is 8.68. The van der Waals surface area contributed by atoms with E-state index in [2.05, 4.69) is 23.6 Å². The van der Waals surface area contributed by atoms with E-state index in [1.54, 1.807) is 0 Å². The molecule has 14 heavy (non-hydrogen) atoms. The number of nitriles is 1. The van der Waals surface area contributed by atoms with Gasteiger partial charge in [-0.25, -0.2) is 0 Å². The predicted octanol–water partition coefficient (Wildman–Crippen LogP) is 0.157. The van der Waals surface area contributed by atoms with Gasteiger partial charge in [0, 0.05) is 25.4 Å². The van der Waals surface area contributed by atoms with Crippen molar-refractivity contribution in [3.8, 4) is 6.07 Å². The fourth-order valence-corrected chi connectivity index (χ4v) is 1.47. The monoisotopic (exact) mass is 216 g/mol. The number of rotatable bonds is 5. The standard InChI is InChI=1S/C9H16N2O2S/c10-7-9-8-11(2-4-13-9)1-3-12-5-6-14/h9,14H,1-6,8H2. The topological polar surface area (TPSA) is 45.5 Å². The first-order chi connectivity index (χ1) is 6.86. The van der Waals surface area contributed by atoms with E-state index in [1.807, 2.05) is 0 Å². The van der Waals surface area contributed by atoms with Gasteiger partial charge in [0.15, 0.2) is 6.10 Å². The molecule has 1 fully saturated rings. The SMILES string of the molecule is N#CC1CN(CCOCCS)CCO1. The number of hydrogen-bond acceptors (Lipinski definition) is 5. The van der Waals surface area contributed by atoms with Crippen LogP contribution in [0, 0.1) is 11.3 Å². The molecule has 0 aromatic carbocycles. The first-order valence-electron chi connectivity index (χ1n) is 4.79. The molecule has 1 rings (SSSR count). The second-order valence-electron chi connectivity index (χ2n) is 3.13. The van der Waals surface area contributed by atoms with Crippen molar-refractivity contribution in [1.82, 2.24) is 4.90 Å². The Bertz CT molecular complexity index is 196. The zero-order chi connectivity index (χ0) is 10.2. The largest absolute Gasteiger partial charge is 0.379 e. The lowest BCUT2D eigenvalue weighted by molar-refractivity contribution is -0.00953. The van der Waals surface area contributed by atoms with Crippen LogP contribution in [-0.2, 0) is 9.47 Å². The molecule has 0 saturated carbocycles. The van der Waals surface area contributed by atoms with Crippen LogP contribution in [0.1, 0.15) is 0 Å². The fourth-order valence-electron chi connectivity index (χ4n) is 1.34. The Morgan fingerprint density at radius 1 is 1.57 bits per heavy atom. The van der Waals surface area contributed by atoms with Crippen LogP contribution >= 0.6 is 12.6 Å². The number of ether oxygens (including phenoxy) is 2. The highest BCUT2D eigenvalue weighted by Gasteiger charge is 2.18. The van der Waals surface area contributed by atoms with Gasteiger partial charge in [-0.15, -0.1) is 0 Å². The molecule has 4 nitrogen and oxygen atoms in total. The zero-order valence-electron chi connectivity index (χ0n) is 8.19. The zero-order valence-corrected chi connectivity index (χ0v) is 9.08. The van der Waals surface area contributed by atoms with E-state index in [0.29, 0.717) is 26.4 Å². The van der Waals surface area contributed by atoms with Gasteiger partial charge >= 0.3 is 0 Å². The van der Waals surface area contributed by atoms with E-state index < -0.39 is 0 Å². The minimum Gasteiger partial charge on any atom is -0.379 e. The van der Waals surface area contributed by atoms with Crippen LogP contribution in [0.25, 0.3) is 0 Å². The third-order valence-electron chi connectivity index (χ3n) is 2.08. The molecular weight excluding hydrogens is 200 g/mol. The third-order valence-corrected chi connectivity index (χ3v) is 2.26. The van der Waals surface area contributed by atoms with E-state index in [9.17, 15) is 0 Å². The van der Waals surface area contributed by atoms with Crippen LogP contribution < -0.4 is 0 Å². The molecule has 5 heteroatoms. The molecule has 1 aliphatic heterocycles. The molecule has 0 aromatic rings. The Morgan fingerprint density at radius 3 is 3.14 bits per heavy atom. The van der Waals surface area contributed by atoms with Crippen molar-refractivity contribution >= 4 is 12.6 Å². The highest BCUT2D eigenvalue weighted by Crippen LogP contribution is 2.03. The summed E-state index contributed by atoms with van der Waals surface area (Å²) in [6, 6.07) is 2.12. The molecule has 0 amide bonds. The minimum atomic E-state index is -0.270. The van der Waals surface area contributed by atoms with Gasteiger partial charge in [0.2, 0.25) is 0 Å². The van der Waals surface area contributed by atoms with E-state index in [4.69, 9.17) is 14.7 Å². The van der Waals surface area contributed by atoms with Crippen molar-refractivity contribution in [3.05, 3.63) is 0 Å². The summed E-state index contributed by atoms with van der Waals surface area (Å²) < 4.78 is 10.5. The van der Waals surface area contributed by atoms with Gasteiger partial charge in [-0.3, -0.25) is 4.90 Å². The maximum Gasteiger partial charge on any atom is 0.156 e. The van der Waals surface area contributed by atoms with Gasteiger partial charge in [0.05, 0.1) is 25.9 Å². The summed E-state index contributed by atoms with van der Waals surface area (Å²) in [6.45, 7) is 4.50. The highest BCUT2D eigenvalue weighted by atomic mass is 32.1. The molecular formula is C9H16N2O2S. The van der Waals surface area contributed by atoms with Crippen LogP contribution in [0.15, 0.2) is 0 Å². The second-order valence-corrected chi connectivity index (χ2v) is 3.57. The normalized spacial score (nSPS) is 23.3. The van der Waals surface area contributed by atoms with Gasteiger partial charge in [0.1, 0.15) is 0 Å². The van der Waals surface area contributed by atoms with Crippen LogP contribution in [0.5, 0.6) is 0 Å². The van der Waals surface area contributed by atoms with Gasteiger partial charge in [0.25, 0.3) is 0 Å². The average Bonchev–Trinajstić information content (AvgIpc) is 2.25. The summed E-state index contributed by atoms with van der Waals surface area (Å²) in [6.07, 6.45) is -0.270. The first kappa shape index (κ1) is 11.8. The predicted molar refractivity (Wildman–Crippen MR) is 56.5 cm³/mol. The Morgan fingerprint density at radius 2 is 2.43 bits per heavy atom. The molecule has 0 radical (unpaired) electrons. The lowest BCUT2D eigenvalue weighted by Crippen LogP contribution is -2.43. The van der Waals surface area contributed by atoms with Crippen LogP contribution in [0.4, 0.5) is 0 Å². The smallest absolute Gasteiger partial charge is 0.156 e. The lowest BCUT2D eigenvalue weighted by atomic mass is 10.3. The molecule has 0 aliphatic carbocycles. The molecule has 1 unspecified atom stereocenters. The fraction of sp³-hybridized carbons (Fsp3) is 0.889. The van der Waals surface area contributed by atoms with Crippen molar-refractivity contribution in [2.45, 2.75) is 6.10 Å². The molecule has 1 saturated heterocycles. The van der Waals surface area contributed by atoms with E-state index in [-0.39, 0.29) is 6.10 Å². The Labute approximate surface area is 90.2 Å². The Kier molecular flexibility index (Phi) is 5.96. The summed E-state index contributed by atoms with van der Waals surface area (Å²) >= 11 is 4.05. The number of morpholine rings is 1. The molecule has 1 atom stereocenters. The molecule has 0 N–H and O–H groups in total. The van der Waals surface area contributed by atoms with Gasteiger partial charge < -0.3 is 9.47 Å². The Balaban J connectivity index is 2.09. The van der Waals surface area contributed by atoms with Crippen molar-refractivity contribution < 1.29 is 9.47 Å².